The molecule has 0 spiro atoms. The average molecular weight is 494 g/mol. The zero-order valence-electron chi connectivity index (χ0n) is 20.4. The summed E-state index contributed by atoms with van der Waals surface area (Å²) in [5, 5.41) is 9.20. The van der Waals surface area contributed by atoms with Gasteiger partial charge in [0.25, 0.3) is 0 Å². The minimum absolute atomic E-state index is 0.134. The third kappa shape index (κ3) is 6.62. The van der Waals surface area contributed by atoms with Crippen LogP contribution in [0.15, 0.2) is 60.7 Å². The van der Waals surface area contributed by atoms with Crippen LogP contribution in [0.3, 0.4) is 0 Å². The SMILES string of the molecule is C[C@@H](N)c1cccc(-c2cc(COc3ccccc3CC(=O)O)cc(OCC3CCOCC3)c2)c1F. The van der Waals surface area contributed by atoms with E-state index < -0.39 is 12.0 Å². The van der Waals surface area contributed by atoms with Gasteiger partial charge in [-0.25, -0.2) is 4.39 Å². The summed E-state index contributed by atoms with van der Waals surface area (Å²) in [6.45, 7) is 3.95. The predicted octanol–water partition coefficient (Wildman–Crippen LogP) is 5.52. The summed E-state index contributed by atoms with van der Waals surface area (Å²) in [5.74, 6) is 0.249. The van der Waals surface area contributed by atoms with Gasteiger partial charge in [-0.1, -0.05) is 36.4 Å². The van der Waals surface area contributed by atoms with Gasteiger partial charge in [-0.3, -0.25) is 4.79 Å². The van der Waals surface area contributed by atoms with Crippen LogP contribution in [0.25, 0.3) is 11.1 Å². The summed E-state index contributed by atoms with van der Waals surface area (Å²) < 4.78 is 33.0. The Morgan fingerprint density at radius 1 is 1.11 bits per heavy atom. The maximum absolute atomic E-state index is 15.4. The van der Waals surface area contributed by atoms with Crippen LogP contribution in [0.2, 0.25) is 0 Å². The molecule has 0 aromatic heterocycles. The number of hydrogen-bond donors (Lipinski definition) is 2. The lowest BCUT2D eigenvalue weighted by molar-refractivity contribution is -0.136. The number of para-hydroxylation sites is 1. The van der Waals surface area contributed by atoms with Crippen molar-refractivity contribution in [1.82, 2.24) is 0 Å². The first-order chi connectivity index (χ1) is 17.4. The number of rotatable bonds is 10. The minimum Gasteiger partial charge on any atom is -0.493 e. The number of carboxylic acids is 1. The third-order valence-electron chi connectivity index (χ3n) is 6.33. The smallest absolute Gasteiger partial charge is 0.307 e. The van der Waals surface area contributed by atoms with Crippen molar-refractivity contribution >= 4 is 5.97 Å². The van der Waals surface area contributed by atoms with Gasteiger partial charge < -0.3 is 25.1 Å². The summed E-state index contributed by atoms with van der Waals surface area (Å²) in [6, 6.07) is 17.4. The van der Waals surface area contributed by atoms with E-state index >= 15 is 4.39 Å². The highest BCUT2D eigenvalue weighted by Gasteiger charge is 2.17. The number of nitrogens with two attached hydrogens (primary N) is 1. The molecule has 4 rings (SSSR count). The maximum Gasteiger partial charge on any atom is 0.307 e. The summed E-state index contributed by atoms with van der Waals surface area (Å²) in [5.41, 5.74) is 8.90. The molecule has 7 heteroatoms. The molecular formula is C29H32FNO5. The molecule has 0 saturated carbocycles. The Bertz CT molecular complexity index is 1190. The number of carboxylic acid groups (broad SMARTS) is 1. The molecule has 0 radical (unpaired) electrons. The predicted molar refractivity (Wildman–Crippen MR) is 136 cm³/mol. The van der Waals surface area contributed by atoms with Crippen LogP contribution in [-0.2, 0) is 22.6 Å². The lowest BCUT2D eigenvalue weighted by atomic mass is 9.97. The molecule has 6 nitrogen and oxygen atoms in total. The van der Waals surface area contributed by atoms with Gasteiger partial charge in [0.2, 0.25) is 0 Å². The first-order valence-corrected chi connectivity index (χ1v) is 12.2. The molecule has 3 aromatic carbocycles. The Kier molecular flexibility index (Phi) is 8.57. The summed E-state index contributed by atoms with van der Waals surface area (Å²) in [6.07, 6.45) is 1.76. The van der Waals surface area contributed by atoms with Gasteiger partial charge in [-0.2, -0.15) is 0 Å². The zero-order valence-corrected chi connectivity index (χ0v) is 20.4. The summed E-state index contributed by atoms with van der Waals surface area (Å²) >= 11 is 0. The van der Waals surface area contributed by atoms with Crippen molar-refractivity contribution in [3.63, 3.8) is 0 Å². The normalized spacial score (nSPS) is 14.9. The van der Waals surface area contributed by atoms with Gasteiger partial charge in [0.15, 0.2) is 0 Å². The zero-order chi connectivity index (χ0) is 25.5. The van der Waals surface area contributed by atoms with E-state index in [1.54, 1.807) is 49.4 Å². The van der Waals surface area contributed by atoms with Gasteiger partial charge in [0.05, 0.1) is 13.0 Å². The van der Waals surface area contributed by atoms with E-state index in [2.05, 4.69) is 0 Å². The topological polar surface area (TPSA) is 91.0 Å². The Morgan fingerprint density at radius 2 is 1.89 bits per heavy atom. The van der Waals surface area contributed by atoms with Crippen molar-refractivity contribution in [2.24, 2.45) is 11.7 Å². The van der Waals surface area contributed by atoms with Crippen LogP contribution in [0.1, 0.15) is 42.5 Å². The maximum atomic E-state index is 15.4. The number of hydrogen-bond acceptors (Lipinski definition) is 5. The van der Waals surface area contributed by atoms with Crippen LogP contribution in [-0.4, -0.2) is 30.9 Å². The third-order valence-corrected chi connectivity index (χ3v) is 6.33. The molecule has 3 N–H and O–H groups in total. The second kappa shape index (κ2) is 12.0. The van der Waals surface area contributed by atoms with E-state index in [0.29, 0.717) is 46.3 Å². The highest BCUT2D eigenvalue weighted by Crippen LogP contribution is 2.32. The van der Waals surface area contributed by atoms with Crippen molar-refractivity contribution in [1.29, 1.82) is 0 Å². The molecule has 190 valence electrons. The molecule has 0 unspecified atom stereocenters. The average Bonchev–Trinajstić information content (AvgIpc) is 2.87. The van der Waals surface area contributed by atoms with Crippen molar-refractivity contribution in [3.8, 4) is 22.6 Å². The van der Waals surface area contributed by atoms with E-state index in [4.69, 9.17) is 19.9 Å². The Morgan fingerprint density at radius 3 is 2.64 bits per heavy atom. The number of ether oxygens (including phenoxy) is 3. The lowest BCUT2D eigenvalue weighted by Crippen LogP contribution is -2.21. The van der Waals surface area contributed by atoms with E-state index in [-0.39, 0.29) is 18.8 Å². The highest BCUT2D eigenvalue weighted by atomic mass is 19.1. The van der Waals surface area contributed by atoms with E-state index in [1.807, 2.05) is 18.2 Å². The molecule has 0 amide bonds. The minimum atomic E-state index is -0.929. The number of halogens is 1. The molecule has 1 heterocycles. The molecule has 1 atom stereocenters. The lowest BCUT2D eigenvalue weighted by Gasteiger charge is -2.22. The molecule has 1 fully saturated rings. The first kappa shape index (κ1) is 25.7. The quantitative estimate of drug-likeness (QED) is 0.386. The number of carbonyl (C=O) groups is 1. The molecule has 0 bridgehead atoms. The number of benzene rings is 3. The Labute approximate surface area is 210 Å². The van der Waals surface area contributed by atoms with Gasteiger partial charge in [0, 0.05) is 35.9 Å². The van der Waals surface area contributed by atoms with Crippen molar-refractivity contribution < 1.29 is 28.5 Å². The van der Waals surface area contributed by atoms with Crippen molar-refractivity contribution in [2.75, 3.05) is 19.8 Å². The Balaban J connectivity index is 1.62. The summed E-state index contributed by atoms with van der Waals surface area (Å²) in [4.78, 5) is 11.2. The van der Waals surface area contributed by atoms with Gasteiger partial charge >= 0.3 is 5.97 Å². The van der Waals surface area contributed by atoms with E-state index in [1.165, 1.54) is 0 Å². The molecule has 1 aliphatic rings. The van der Waals surface area contributed by atoms with Crippen LogP contribution >= 0.6 is 0 Å². The fourth-order valence-corrected chi connectivity index (χ4v) is 4.35. The molecule has 1 saturated heterocycles. The largest absolute Gasteiger partial charge is 0.493 e. The van der Waals surface area contributed by atoms with Crippen LogP contribution in [0.5, 0.6) is 11.5 Å². The second-order valence-electron chi connectivity index (χ2n) is 9.20. The second-order valence-corrected chi connectivity index (χ2v) is 9.20. The van der Waals surface area contributed by atoms with Gasteiger partial charge in [-0.15, -0.1) is 0 Å². The molecular weight excluding hydrogens is 461 g/mol. The molecule has 1 aliphatic heterocycles. The van der Waals surface area contributed by atoms with Crippen molar-refractivity contribution in [3.05, 3.63) is 83.2 Å². The fourth-order valence-electron chi connectivity index (χ4n) is 4.35. The van der Waals surface area contributed by atoms with Crippen LogP contribution in [0.4, 0.5) is 4.39 Å². The first-order valence-electron chi connectivity index (χ1n) is 12.2. The van der Waals surface area contributed by atoms with Gasteiger partial charge in [-0.05, 0) is 61.1 Å². The van der Waals surface area contributed by atoms with Crippen LogP contribution < -0.4 is 15.2 Å². The molecule has 36 heavy (non-hydrogen) atoms. The van der Waals surface area contributed by atoms with Crippen LogP contribution in [0, 0.1) is 11.7 Å². The van der Waals surface area contributed by atoms with E-state index in [9.17, 15) is 9.90 Å². The fraction of sp³-hybridized carbons (Fsp3) is 0.345. The Hall–Kier alpha value is -3.42. The van der Waals surface area contributed by atoms with Gasteiger partial charge in [0.1, 0.15) is 23.9 Å². The van der Waals surface area contributed by atoms with E-state index in [0.717, 1.165) is 31.6 Å². The van der Waals surface area contributed by atoms with Crippen molar-refractivity contribution in [2.45, 2.75) is 38.8 Å². The summed E-state index contributed by atoms with van der Waals surface area (Å²) in [7, 11) is 0. The molecule has 3 aromatic rings. The monoisotopic (exact) mass is 493 g/mol. The molecule has 0 aliphatic carbocycles. The highest BCUT2D eigenvalue weighted by molar-refractivity contribution is 5.71. The number of aliphatic carboxylic acids is 1. The standard InChI is InChI=1S/C29H32FNO5/c1-19(31)25-6-4-7-26(29(25)30)23-13-21(14-24(15-23)35-17-20-9-11-34-12-10-20)18-36-27-8-3-2-5-22(27)16-28(32)33/h2-8,13-15,19-20H,9-12,16-18,31H2,1H3,(H,32,33)/t19-/m1/s1.